The molecule has 1 rings (SSSR count). The van der Waals surface area contributed by atoms with Crippen LogP contribution in [0.25, 0.3) is 0 Å². The van der Waals surface area contributed by atoms with Crippen LogP contribution in [0.4, 0.5) is 11.4 Å². The number of anilines is 2. The molecule has 0 unspecified atom stereocenters. The highest BCUT2D eigenvalue weighted by atomic mass is 35.5. The first-order valence-electron chi connectivity index (χ1n) is 7.10. The van der Waals surface area contributed by atoms with E-state index in [2.05, 4.69) is 9.44 Å². The topological polar surface area (TPSA) is 92.3 Å². The van der Waals surface area contributed by atoms with Crippen molar-refractivity contribution in [2.45, 2.75) is 33.1 Å². The molecule has 1 aromatic rings. The van der Waals surface area contributed by atoms with Crippen LogP contribution < -0.4 is 9.44 Å². The van der Waals surface area contributed by atoms with E-state index < -0.39 is 20.0 Å². The Labute approximate surface area is 147 Å². The Hall–Kier alpha value is -0.700. The summed E-state index contributed by atoms with van der Waals surface area (Å²) in [5.74, 6) is -0.0747. The van der Waals surface area contributed by atoms with Gasteiger partial charge in [0.05, 0.1) is 32.9 Å². The van der Waals surface area contributed by atoms with Gasteiger partial charge < -0.3 is 0 Å². The summed E-state index contributed by atoms with van der Waals surface area (Å²) in [6, 6.07) is 2.58. The van der Waals surface area contributed by atoms with Crippen molar-refractivity contribution in [1.82, 2.24) is 0 Å². The molecular weight excluding hydrogens is 383 g/mol. The number of hydrogen-bond donors (Lipinski definition) is 2. The number of benzene rings is 1. The molecule has 6 nitrogen and oxygen atoms in total. The molecule has 0 spiro atoms. The average molecular weight is 403 g/mol. The van der Waals surface area contributed by atoms with Gasteiger partial charge in [-0.3, -0.25) is 9.44 Å². The van der Waals surface area contributed by atoms with Gasteiger partial charge in [0, 0.05) is 0 Å². The maximum absolute atomic E-state index is 11.9. The van der Waals surface area contributed by atoms with Crippen LogP contribution in [0, 0.1) is 0 Å². The number of sulfonamides is 2. The molecule has 1 aromatic carbocycles. The molecule has 0 bridgehead atoms. The van der Waals surface area contributed by atoms with Gasteiger partial charge in [0.2, 0.25) is 20.0 Å². The van der Waals surface area contributed by atoms with E-state index in [-0.39, 0.29) is 32.9 Å². The predicted molar refractivity (Wildman–Crippen MR) is 96.5 cm³/mol. The summed E-state index contributed by atoms with van der Waals surface area (Å²) in [6.07, 6.45) is 1.72. The number of unbranched alkanes of at least 4 members (excludes halogenated alkanes) is 1. The molecular formula is C13H20Cl2N2O4S2. The second-order valence-electron chi connectivity index (χ2n) is 5.01. The monoisotopic (exact) mass is 402 g/mol. The first kappa shape index (κ1) is 20.3. The van der Waals surface area contributed by atoms with E-state index in [0.717, 1.165) is 6.42 Å². The molecule has 0 aliphatic rings. The Morgan fingerprint density at radius 2 is 1.26 bits per heavy atom. The van der Waals surface area contributed by atoms with Gasteiger partial charge in [-0.1, -0.05) is 43.5 Å². The molecule has 0 heterocycles. The van der Waals surface area contributed by atoms with Crippen LogP contribution >= 0.6 is 23.2 Å². The van der Waals surface area contributed by atoms with Gasteiger partial charge in [0.15, 0.2) is 0 Å². The Morgan fingerprint density at radius 3 is 1.65 bits per heavy atom. The van der Waals surface area contributed by atoms with Crippen LogP contribution in [0.15, 0.2) is 12.1 Å². The fourth-order valence-electron chi connectivity index (χ4n) is 1.74. The van der Waals surface area contributed by atoms with Crippen molar-refractivity contribution < 1.29 is 16.8 Å². The van der Waals surface area contributed by atoms with Gasteiger partial charge in [0.1, 0.15) is 0 Å². The zero-order valence-corrected chi connectivity index (χ0v) is 16.0. The average Bonchev–Trinajstić information content (AvgIpc) is 2.41. The second-order valence-corrected chi connectivity index (χ2v) is 9.51. The van der Waals surface area contributed by atoms with Crippen LogP contribution in [0.3, 0.4) is 0 Å². The molecule has 0 atom stereocenters. The lowest BCUT2D eigenvalue weighted by Crippen LogP contribution is -2.18. The van der Waals surface area contributed by atoms with Crippen LogP contribution in [-0.4, -0.2) is 28.3 Å². The number of nitrogens with one attached hydrogen (secondary N) is 2. The highest BCUT2D eigenvalue weighted by Crippen LogP contribution is 2.33. The summed E-state index contributed by atoms with van der Waals surface area (Å²) in [5, 5.41) is 0.117. The van der Waals surface area contributed by atoms with Crippen LogP contribution in [0.1, 0.15) is 33.1 Å². The largest absolute Gasteiger partial charge is 0.282 e. The second kappa shape index (κ2) is 8.41. The summed E-state index contributed by atoms with van der Waals surface area (Å²) < 4.78 is 52.0. The lowest BCUT2D eigenvalue weighted by atomic mass is 10.3. The quantitative estimate of drug-likeness (QED) is 0.658. The molecule has 0 saturated heterocycles. The van der Waals surface area contributed by atoms with Gasteiger partial charge in [0.25, 0.3) is 0 Å². The third-order valence-electron chi connectivity index (χ3n) is 2.83. The first-order valence-corrected chi connectivity index (χ1v) is 11.2. The molecule has 0 aromatic heterocycles. The van der Waals surface area contributed by atoms with Gasteiger partial charge in [-0.15, -0.1) is 0 Å². The molecule has 23 heavy (non-hydrogen) atoms. The number of halogens is 2. The van der Waals surface area contributed by atoms with Crippen molar-refractivity contribution in [1.29, 1.82) is 0 Å². The van der Waals surface area contributed by atoms with E-state index in [1.54, 1.807) is 6.92 Å². The highest BCUT2D eigenvalue weighted by molar-refractivity contribution is 7.93. The zero-order chi connectivity index (χ0) is 17.7. The van der Waals surface area contributed by atoms with Crippen molar-refractivity contribution in [2.24, 2.45) is 0 Å². The fourth-order valence-corrected chi connectivity index (χ4v) is 4.70. The minimum Gasteiger partial charge on any atom is -0.282 e. The van der Waals surface area contributed by atoms with Crippen molar-refractivity contribution in [3.8, 4) is 0 Å². The van der Waals surface area contributed by atoms with E-state index in [0.29, 0.717) is 12.8 Å². The molecule has 0 radical (unpaired) electrons. The molecule has 2 N–H and O–H groups in total. The molecule has 0 saturated carbocycles. The standard InChI is InChI=1S/C13H20Cl2N2O4S2/c1-3-5-7-23(20,21)17-13-9-10(14)12(8-11(13)15)16-22(18,19)6-4-2/h8-9,16-17H,3-7H2,1-2H3. The van der Waals surface area contributed by atoms with Gasteiger partial charge in [-0.05, 0) is 25.0 Å². The first-order chi connectivity index (χ1) is 10.6. The van der Waals surface area contributed by atoms with E-state index in [1.165, 1.54) is 12.1 Å². The van der Waals surface area contributed by atoms with Crippen molar-refractivity contribution in [3.05, 3.63) is 22.2 Å². The van der Waals surface area contributed by atoms with E-state index >= 15 is 0 Å². The summed E-state index contributed by atoms with van der Waals surface area (Å²) in [7, 11) is -7.04. The van der Waals surface area contributed by atoms with Gasteiger partial charge in [-0.2, -0.15) is 0 Å². The molecule has 132 valence electrons. The third kappa shape index (κ3) is 6.74. The molecule has 0 aliphatic heterocycles. The molecule has 0 fully saturated rings. The fraction of sp³-hybridized carbons (Fsp3) is 0.538. The molecule has 0 aliphatic carbocycles. The Kier molecular flexibility index (Phi) is 7.44. The SMILES string of the molecule is CCCCS(=O)(=O)Nc1cc(Cl)c(NS(=O)(=O)CCC)cc1Cl. The maximum atomic E-state index is 11.9. The highest BCUT2D eigenvalue weighted by Gasteiger charge is 2.17. The molecule has 0 amide bonds. The minimum absolute atomic E-state index is 0.0255. The zero-order valence-electron chi connectivity index (χ0n) is 12.9. The lowest BCUT2D eigenvalue weighted by Gasteiger charge is -2.13. The third-order valence-corrected chi connectivity index (χ3v) is 6.29. The number of hydrogen-bond acceptors (Lipinski definition) is 4. The Morgan fingerprint density at radius 1 is 0.826 bits per heavy atom. The van der Waals surface area contributed by atoms with Crippen LogP contribution in [0.2, 0.25) is 10.0 Å². The van der Waals surface area contributed by atoms with Crippen LogP contribution in [-0.2, 0) is 20.0 Å². The van der Waals surface area contributed by atoms with E-state index in [4.69, 9.17) is 23.2 Å². The lowest BCUT2D eigenvalue weighted by molar-refractivity contribution is 0.596. The minimum atomic E-state index is -3.52. The van der Waals surface area contributed by atoms with Crippen molar-refractivity contribution >= 4 is 54.6 Å². The predicted octanol–water partition coefficient (Wildman–Crippen LogP) is 3.69. The van der Waals surface area contributed by atoms with E-state index in [9.17, 15) is 16.8 Å². The maximum Gasteiger partial charge on any atom is 0.232 e. The smallest absolute Gasteiger partial charge is 0.232 e. The van der Waals surface area contributed by atoms with Crippen molar-refractivity contribution in [3.63, 3.8) is 0 Å². The van der Waals surface area contributed by atoms with Gasteiger partial charge >= 0.3 is 0 Å². The summed E-state index contributed by atoms with van der Waals surface area (Å²) in [4.78, 5) is 0. The Bertz CT molecular complexity index is 749. The van der Waals surface area contributed by atoms with Gasteiger partial charge in [-0.25, -0.2) is 16.8 Å². The summed E-state index contributed by atoms with van der Waals surface area (Å²) in [6.45, 7) is 3.62. The molecule has 10 heteroatoms. The van der Waals surface area contributed by atoms with Crippen molar-refractivity contribution in [2.75, 3.05) is 20.9 Å². The van der Waals surface area contributed by atoms with Crippen LogP contribution in [0.5, 0.6) is 0 Å². The van der Waals surface area contributed by atoms with E-state index in [1.807, 2.05) is 6.92 Å². The Balaban J connectivity index is 3.02. The summed E-state index contributed by atoms with van der Waals surface area (Å²) in [5.41, 5.74) is 0.229. The summed E-state index contributed by atoms with van der Waals surface area (Å²) >= 11 is 12.0. The normalized spacial score (nSPS) is 12.2. The number of rotatable bonds is 9.